The zero-order chi connectivity index (χ0) is 14.4. The molecule has 0 bridgehead atoms. The molecular formula is C13H24N2O4. The SMILES string of the molecule is CCC(C)C(NC(=O)C1COCC1NC)C(=O)OC. The van der Waals surface area contributed by atoms with Gasteiger partial charge in [0.25, 0.3) is 0 Å². The van der Waals surface area contributed by atoms with Crippen LogP contribution in [0.25, 0.3) is 0 Å². The summed E-state index contributed by atoms with van der Waals surface area (Å²) in [5.74, 6) is -0.789. The van der Waals surface area contributed by atoms with Crippen LogP contribution in [0.15, 0.2) is 0 Å². The van der Waals surface area contributed by atoms with E-state index in [1.165, 1.54) is 7.11 Å². The number of ether oxygens (including phenoxy) is 2. The van der Waals surface area contributed by atoms with E-state index in [9.17, 15) is 9.59 Å². The molecule has 1 saturated heterocycles. The van der Waals surface area contributed by atoms with Crippen molar-refractivity contribution >= 4 is 11.9 Å². The topological polar surface area (TPSA) is 76.7 Å². The van der Waals surface area contributed by atoms with Crippen molar-refractivity contribution in [1.82, 2.24) is 10.6 Å². The summed E-state index contributed by atoms with van der Waals surface area (Å²) in [5, 5.41) is 5.84. The molecule has 0 spiro atoms. The maximum absolute atomic E-state index is 12.2. The molecule has 1 fully saturated rings. The highest BCUT2D eigenvalue weighted by molar-refractivity contribution is 5.86. The monoisotopic (exact) mass is 272 g/mol. The fraction of sp³-hybridized carbons (Fsp3) is 0.846. The second-order valence-electron chi connectivity index (χ2n) is 4.93. The lowest BCUT2D eigenvalue weighted by molar-refractivity contribution is -0.147. The van der Waals surface area contributed by atoms with Crippen LogP contribution in [0.5, 0.6) is 0 Å². The molecule has 4 atom stereocenters. The number of amides is 1. The molecule has 6 nitrogen and oxygen atoms in total. The van der Waals surface area contributed by atoms with Crippen LogP contribution in [0.4, 0.5) is 0 Å². The van der Waals surface area contributed by atoms with Crippen molar-refractivity contribution in [1.29, 1.82) is 0 Å². The van der Waals surface area contributed by atoms with Crippen LogP contribution in [-0.4, -0.2) is 51.3 Å². The van der Waals surface area contributed by atoms with Crippen molar-refractivity contribution in [3.8, 4) is 0 Å². The van der Waals surface area contributed by atoms with Crippen LogP contribution < -0.4 is 10.6 Å². The van der Waals surface area contributed by atoms with Crippen LogP contribution in [0.2, 0.25) is 0 Å². The summed E-state index contributed by atoms with van der Waals surface area (Å²) >= 11 is 0. The second kappa shape index (κ2) is 7.45. The van der Waals surface area contributed by atoms with Gasteiger partial charge in [-0.1, -0.05) is 20.3 Å². The predicted octanol–water partition coefficient (Wildman–Crippen LogP) is -0.0753. The fourth-order valence-corrected chi connectivity index (χ4v) is 2.15. The minimum Gasteiger partial charge on any atom is -0.467 e. The first-order valence-electron chi connectivity index (χ1n) is 6.68. The Bertz CT molecular complexity index is 322. The average molecular weight is 272 g/mol. The van der Waals surface area contributed by atoms with E-state index in [-0.39, 0.29) is 23.8 Å². The molecule has 19 heavy (non-hydrogen) atoms. The van der Waals surface area contributed by atoms with Gasteiger partial charge in [0.15, 0.2) is 0 Å². The Labute approximate surface area is 114 Å². The van der Waals surface area contributed by atoms with Gasteiger partial charge in [0, 0.05) is 6.04 Å². The first-order valence-corrected chi connectivity index (χ1v) is 6.68. The van der Waals surface area contributed by atoms with Gasteiger partial charge in [-0.2, -0.15) is 0 Å². The lowest BCUT2D eigenvalue weighted by Crippen LogP contribution is -2.51. The summed E-state index contributed by atoms with van der Waals surface area (Å²) in [5.41, 5.74) is 0. The Morgan fingerprint density at radius 3 is 2.63 bits per heavy atom. The third kappa shape index (κ3) is 3.91. The standard InChI is InChI=1S/C13H24N2O4/c1-5-8(2)11(13(17)18-4)15-12(16)9-6-19-7-10(9)14-3/h8-11,14H,5-7H2,1-4H3,(H,15,16). The molecule has 0 radical (unpaired) electrons. The van der Waals surface area contributed by atoms with Crippen molar-refractivity contribution in [3.05, 3.63) is 0 Å². The molecular weight excluding hydrogens is 248 g/mol. The highest BCUT2D eigenvalue weighted by atomic mass is 16.5. The van der Waals surface area contributed by atoms with Gasteiger partial charge < -0.3 is 20.1 Å². The Morgan fingerprint density at radius 2 is 2.11 bits per heavy atom. The van der Waals surface area contributed by atoms with Gasteiger partial charge in [0.1, 0.15) is 6.04 Å². The van der Waals surface area contributed by atoms with Gasteiger partial charge in [-0.05, 0) is 13.0 Å². The van der Waals surface area contributed by atoms with Crippen molar-refractivity contribution in [3.63, 3.8) is 0 Å². The van der Waals surface area contributed by atoms with Gasteiger partial charge >= 0.3 is 5.97 Å². The molecule has 1 aliphatic heterocycles. The van der Waals surface area contributed by atoms with Gasteiger partial charge in [0.05, 0.1) is 26.2 Å². The Kier molecular flexibility index (Phi) is 6.24. The van der Waals surface area contributed by atoms with Gasteiger partial charge in [-0.3, -0.25) is 4.79 Å². The molecule has 6 heteroatoms. The zero-order valence-electron chi connectivity index (χ0n) is 12.1. The van der Waals surface area contributed by atoms with E-state index in [1.807, 2.05) is 13.8 Å². The van der Waals surface area contributed by atoms with E-state index in [0.717, 1.165) is 6.42 Å². The molecule has 0 saturated carbocycles. The predicted molar refractivity (Wildman–Crippen MR) is 70.6 cm³/mol. The number of nitrogens with one attached hydrogen (secondary N) is 2. The van der Waals surface area contributed by atoms with Crippen LogP contribution >= 0.6 is 0 Å². The lowest BCUT2D eigenvalue weighted by Gasteiger charge is -2.24. The molecule has 4 unspecified atom stereocenters. The van der Waals surface area contributed by atoms with Crippen LogP contribution in [0.1, 0.15) is 20.3 Å². The Balaban J connectivity index is 2.68. The molecule has 0 aliphatic carbocycles. The molecule has 1 aliphatic rings. The van der Waals surface area contributed by atoms with E-state index in [1.54, 1.807) is 7.05 Å². The lowest BCUT2D eigenvalue weighted by atomic mass is 9.97. The Morgan fingerprint density at radius 1 is 1.42 bits per heavy atom. The van der Waals surface area contributed by atoms with Gasteiger partial charge in [-0.15, -0.1) is 0 Å². The number of hydrogen-bond acceptors (Lipinski definition) is 5. The highest BCUT2D eigenvalue weighted by Gasteiger charge is 2.36. The van der Waals surface area contributed by atoms with E-state index >= 15 is 0 Å². The van der Waals surface area contributed by atoms with E-state index < -0.39 is 12.0 Å². The third-order valence-corrected chi connectivity index (χ3v) is 3.75. The van der Waals surface area contributed by atoms with E-state index in [2.05, 4.69) is 10.6 Å². The number of esters is 1. The molecule has 2 N–H and O–H groups in total. The quantitative estimate of drug-likeness (QED) is 0.662. The number of carbonyl (C=O) groups excluding carboxylic acids is 2. The molecule has 0 aromatic rings. The highest BCUT2D eigenvalue weighted by Crippen LogP contribution is 2.16. The maximum Gasteiger partial charge on any atom is 0.328 e. The summed E-state index contributed by atoms with van der Waals surface area (Å²) in [6.45, 7) is 4.79. The largest absolute Gasteiger partial charge is 0.467 e. The number of carbonyl (C=O) groups is 2. The Hall–Kier alpha value is -1.14. The molecule has 110 valence electrons. The minimum absolute atomic E-state index is 0.00442. The second-order valence-corrected chi connectivity index (χ2v) is 4.93. The van der Waals surface area contributed by atoms with Crippen molar-refractivity contribution in [2.45, 2.75) is 32.4 Å². The molecule has 0 aromatic heterocycles. The summed E-state index contributed by atoms with van der Waals surface area (Å²) in [4.78, 5) is 24.0. The first kappa shape index (κ1) is 15.9. The van der Waals surface area contributed by atoms with Crippen molar-refractivity contribution in [2.75, 3.05) is 27.4 Å². The minimum atomic E-state index is -0.597. The fourth-order valence-electron chi connectivity index (χ4n) is 2.15. The molecule has 1 heterocycles. The number of likely N-dealkylation sites (N-methyl/N-ethyl adjacent to an activating group) is 1. The number of rotatable bonds is 6. The number of hydrogen-bond donors (Lipinski definition) is 2. The van der Waals surface area contributed by atoms with E-state index in [0.29, 0.717) is 13.2 Å². The van der Waals surface area contributed by atoms with Crippen molar-refractivity contribution < 1.29 is 19.1 Å². The van der Waals surface area contributed by atoms with Gasteiger partial charge in [0.2, 0.25) is 5.91 Å². The first-order chi connectivity index (χ1) is 9.04. The average Bonchev–Trinajstić information content (AvgIpc) is 2.91. The zero-order valence-corrected chi connectivity index (χ0v) is 12.1. The van der Waals surface area contributed by atoms with Crippen LogP contribution in [-0.2, 0) is 19.1 Å². The third-order valence-electron chi connectivity index (χ3n) is 3.75. The summed E-state index contributed by atoms with van der Waals surface area (Å²) in [7, 11) is 3.13. The molecule has 1 amide bonds. The normalized spacial score (nSPS) is 25.7. The molecule has 0 aromatic carbocycles. The summed E-state index contributed by atoms with van der Waals surface area (Å²) in [6.07, 6.45) is 0.788. The summed E-state index contributed by atoms with van der Waals surface area (Å²) in [6, 6.07) is -0.601. The maximum atomic E-state index is 12.2. The van der Waals surface area contributed by atoms with Crippen LogP contribution in [0.3, 0.4) is 0 Å². The smallest absolute Gasteiger partial charge is 0.328 e. The van der Waals surface area contributed by atoms with Crippen LogP contribution in [0, 0.1) is 11.8 Å². The van der Waals surface area contributed by atoms with Crippen molar-refractivity contribution in [2.24, 2.45) is 11.8 Å². The van der Waals surface area contributed by atoms with Gasteiger partial charge in [-0.25, -0.2) is 4.79 Å². The summed E-state index contributed by atoms with van der Waals surface area (Å²) < 4.78 is 10.0. The number of methoxy groups -OCH3 is 1. The molecule has 1 rings (SSSR count). The van der Waals surface area contributed by atoms with E-state index in [4.69, 9.17) is 9.47 Å².